The first-order chi connectivity index (χ1) is 12.5. The summed E-state index contributed by atoms with van der Waals surface area (Å²) in [4.78, 5) is 37.6. The smallest absolute Gasteiger partial charge is 0.408 e. The van der Waals surface area contributed by atoms with Crippen molar-refractivity contribution in [2.75, 3.05) is 0 Å². The number of nitrogens with zero attached hydrogens (tertiary/aromatic N) is 1. The molecular weight excluding hydrogens is 354 g/mol. The summed E-state index contributed by atoms with van der Waals surface area (Å²) in [7, 11) is 0. The fourth-order valence-electron chi connectivity index (χ4n) is 2.67. The van der Waals surface area contributed by atoms with Gasteiger partial charge < -0.3 is 4.42 Å². The Balaban J connectivity index is 1.56. The highest BCUT2D eigenvalue weighted by molar-refractivity contribution is 7.14. The van der Waals surface area contributed by atoms with E-state index in [0.29, 0.717) is 16.0 Å². The van der Waals surface area contributed by atoms with Gasteiger partial charge in [0, 0.05) is 17.8 Å². The van der Waals surface area contributed by atoms with E-state index in [1.54, 1.807) is 24.3 Å². The third-order valence-corrected chi connectivity index (χ3v) is 5.40. The van der Waals surface area contributed by atoms with Gasteiger partial charge in [-0.1, -0.05) is 19.1 Å². The first-order valence-corrected chi connectivity index (χ1v) is 9.08. The van der Waals surface area contributed by atoms with Crippen LogP contribution in [0.15, 0.2) is 39.5 Å². The molecule has 0 atom stereocenters. The van der Waals surface area contributed by atoms with E-state index >= 15 is 0 Å². The lowest BCUT2D eigenvalue weighted by Gasteiger charge is -2.06. The van der Waals surface area contributed by atoms with Gasteiger partial charge in [0.2, 0.25) is 5.91 Å². The number of carbonyl (C=O) groups excluding carboxylic acids is 2. The molecule has 0 radical (unpaired) electrons. The van der Waals surface area contributed by atoms with Gasteiger partial charge in [-0.15, -0.1) is 11.3 Å². The third-order valence-electron chi connectivity index (χ3n) is 4.02. The maximum Gasteiger partial charge on any atom is 0.419 e. The second-order valence-electron chi connectivity index (χ2n) is 5.81. The van der Waals surface area contributed by atoms with Crippen molar-refractivity contribution in [2.24, 2.45) is 0 Å². The second-order valence-corrected chi connectivity index (χ2v) is 6.95. The van der Waals surface area contributed by atoms with Crippen LogP contribution >= 0.6 is 11.3 Å². The number of thiophene rings is 1. The largest absolute Gasteiger partial charge is 0.419 e. The number of oxazole rings is 1. The number of hydrogen-bond donors (Lipinski definition) is 2. The summed E-state index contributed by atoms with van der Waals surface area (Å²) in [5.41, 5.74) is 6.97. The molecule has 2 amide bonds. The van der Waals surface area contributed by atoms with Gasteiger partial charge in [0.25, 0.3) is 5.91 Å². The minimum Gasteiger partial charge on any atom is -0.408 e. The van der Waals surface area contributed by atoms with Crippen molar-refractivity contribution in [3.05, 3.63) is 56.2 Å². The Morgan fingerprint density at radius 1 is 1.23 bits per heavy atom. The Hall–Kier alpha value is -2.87. The molecule has 2 heterocycles. The molecule has 0 saturated heterocycles. The number of benzene rings is 1. The van der Waals surface area contributed by atoms with Crippen LogP contribution in [-0.4, -0.2) is 16.4 Å². The third kappa shape index (κ3) is 3.70. The van der Waals surface area contributed by atoms with Gasteiger partial charge in [0.1, 0.15) is 0 Å². The molecule has 0 aliphatic heterocycles. The molecule has 3 aromatic rings. The zero-order chi connectivity index (χ0) is 18.7. The maximum absolute atomic E-state index is 12.1. The number of hydrazine groups is 1. The average Bonchev–Trinajstić information content (AvgIpc) is 3.16. The van der Waals surface area contributed by atoms with Crippen LogP contribution in [0.3, 0.4) is 0 Å². The molecule has 0 spiro atoms. The summed E-state index contributed by atoms with van der Waals surface area (Å²) in [5.74, 6) is -1.25. The van der Waals surface area contributed by atoms with E-state index in [1.165, 1.54) is 15.9 Å². The Labute approximate surface area is 153 Å². The number of para-hydroxylation sites is 2. The van der Waals surface area contributed by atoms with Gasteiger partial charge in [-0.3, -0.25) is 25.0 Å². The van der Waals surface area contributed by atoms with Crippen molar-refractivity contribution in [3.63, 3.8) is 0 Å². The SMILES string of the molecule is CCc1sc(C(=O)NNC(=O)CCn2c(=O)oc3ccccc32)cc1C. The number of nitrogens with one attached hydrogen (secondary N) is 2. The van der Waals surface area contributed by atoms with Crippen molar-refractivity contribution < 1.29 is 14.0 Å². The number of aromatic nitrogens is 1. The zero-order valence-electron chi connectivity index (χ0n) is 14.5. The molecule has 0 aliphatic carbocycles. The van der Waals surface area contributed by atoms with Gasteiger partial charge in [-0.2, -0.15) is 0 Å². The molecule has 0 unspecified atom stereocenters. The Kier molecular flexibility index (Phi) is 5.22. The number of aryl methyl sites for hydroxylation is 3. The Bertz CT molecular complexity index is 1020. The zero-order valence-corrected chi connectivity index (χ0v) is 15.3. The molecule has 0 fully saturated rings. The molecule has 0 saturated carbocycles. The molecule has 2 aromatic heterocycles. The molecular formula is C18H19N3O4S. The minimum absolute atomic E-state index is 0.0351. The van der Waals surface area contributed by atoms with Crippen LogP contribution in [0.2, 0.25) is 0 Å². The summed E-state index contributed by atoms with van der Waals surface area (Å²) >= 11 is 1.41. The average molecular weight is 373 g/mol. The van der Waals surface area contributed by atoms with Crippen molar-refractivity contribution in [1.82, 2.24) is 15.4 Å². The highest BCUT2D eigenvalue weighted by Crippen LogP contribution is 2.22. The van der Waals surface area contributed by atoms with Crippen LogP contribution in [0, 0.1) is 6.92 Å². The van der Waals surface area contributed by atoms with E-state index in [-0.39, 0.29) is 24.8 Å². The molecule has 1 aromatic carbocycles. The van der Waals surface area contributed by atoms with Gasteiger partial charge in [-0.05, 0) is 37.1 Å². The molecule has 26 heavy (non-hydrogen) atoms. The van der Waals surface area contributed by atoms with Gasteiger partial charge in [-0.25, -0.2) is 4.79 Å². The number of fused-ring (bicyclic) bond motifs is 1. The van der Waals surface area contributed by atoms with Crippen LogP contribution < -0.4 is 16.6 Å². The quantitative estimate of drug-likeness (QED) is 0.672. The first-order valence-electron chi connectivity index (χ1n) is 8.26. The first kappa shape index (κ1) is 17.9. The number of rotatable bonds is 5. The van der Waals surface area contributed by atoms with Crippen LogP contribution in [-0.2, 0) is 17.8 Å². The monoisotopic (exact) mass is 373 g/mol. The van der Waals surface area contributed by atoms with Crippen LogP contribution in [0.4, 0.5) is 0 Å². The van der Waals surface area contributed by atoms with Crippen LogP contribution in [0.5, 0.6) is 0 Å². The lowest BCUT2D eigenvalue weighted by molar-refractivity contribution is -0.122. The van der Waals surface area contributed by atoms with E-state index in [4.69, 9.17) is 4.42 Å². The van der Waals surface area contributed by atoms with Gasteiger partial charge in [0.15, 0.2) is 5.58 Å². The Morgan fingerprint density at radius 3 is 2.73 bits per heavy atom. The van der Waals surface area contributed by atoms with Crippen molar-refractivity contribution in [1.29, 1.82) is 0 Å². The maximum atomic E-state index is 12.1. The number of carbonyl (C=O) groups is 2. The fourth-order valence-corrected chi connectivity index (χ4v) is 3.68. The van der Waals surface area contributed by atoms with Gasteiger partial charge in [0.05, 0.1) is 10.4 Å². The van der Waals surface area contributed by atoms with E-state index in [2.05, 4.69) is 10.9 Å². The van der Waals surface area contributed by atoms with Crippen molar-refractivity contribution in [2.45, 2.75) is 33.2 Å². The van der Waals surface area contributed by atoms with E-state index in [9.17, 15) is 14.4 Å². The van der Waals surface area contributed by atoms with Crippen LogP contribution in [0.25, 0.3) is 11.1 Å². The number of hydrogen-bond acceptors (Lipinski definition) is 5. The highest BCUT2D eigenvalue weighted by Gasteiger charge is 2.14. The summed E-state index contributed by atoms with van der Waals surface area (Å²) < 4.78 is 6.51. The lowest BCUT2D eigenvalue weighted by Crippen LogP contribution is -2.41. The molecule has 136 valence electrons. The Morgan fingerprint density at radius 2 is 2.00 bits per heavy atom. The van der Waals surface area contributed by atoms with Crippen molar-refractivity contribution >= 4 is 34.3 Å². The molecule has 0 aliphatic rings. The van der Waals surface area contributed by atoms with Crippen LogP contribution in [0.1, 0.15) is 33.5 Å². The lowest BCUT2D eigenvalue weighted by atomic mass is 10.2. The molecule has 2 N–H and O–H groups in total. The second kappa shape index (κ2) is 7.57. The standard InChI is InChI=1S/C18H19N3O4S/c1-3-14-11(2)10-15(26-14)17(23)20-19-16(22)8-9-21-12-6-4-5-7-13(12)25-18(21)24/h4-7,10H,3,8-9H2,1-2H3,(H,19,22)(H,20,23). The topological polar surface area (TPSA) is 93.3 Å². The minimum atomic E-state index is -0.510. The summed E-state index contributed by atoms with van der Waals surface area (Å²) in [5, 5.41) is 0. The normalized spacial score (nSPS) is 10.8. The van der Waals surface area contributed by atoms with Gasteiger partial charge >= 0.3 is 5.76 Å². The number of amides is 2. The summed E-state index contributed by atoms with van der Waals surface area (Å²) in [6, 6.07) is 8.82. The predicted molar refractivity (Wildman–Crippen MR) is 99.1 cm³/mol. The predicted octanol–water partition coefficient (Wildman–Crippen LogP) is 2.38. The van der Waals surface area contributed by atoms with E-state index < -0.39 is 5.76 Å². The van der Waals surface area contributed by atoms with E-state index in [0.717, 1.165) is 16.9 Å². The van der Waals surface area contributed by atoms with E-state index in [1.807, 2.05) is 19.9 Å². The highest BCUT2D eigenvalue weighted by atomic mass is 32.1. The molecule has 8 heteroatoms. The molecule has 3 rings (SSSR count). The summed E-state index contributed by atoms with van der Waals surface area (Å²) in [6.07, 6.45) is 0.900. The summed E-state index contributed by atoms with van der Waals surface area (Å²) in [6.45, 7) is 4.15. The molecule has 0 bridgehead atoms. The van der Waals surface area contributed by atoms with Crippen molar-refractivity contribution in [3.8, 4) is 0 Å². The fraction of sp³-hybridized carbons (Fsp3) is 0.278. The molecule has 7 nitrogen and oxygen atoms in total.